The zero-order valence-electron chi connectivity index (χ0n) is 8.27. The first-order chi connectivity index (χ1) is 6.84. The van der Waals surface area contributed by atoms with Crippen molar-refractivity contribution >= 4 is 9.84 Å². The average Bonchev–Trinajstić information content (AvgIpc) is 2.82. The summed E-state index contributed by atoms with van der Waals surface area (Å²) >= 11 is 0. The molecule has 15 heavy (non-hydrogen) atoms. The zero-order valence-corrected chi connectivity index (χ0v) is 9.08. The summed E-state index contributed by atoms with van der Waals surface area (Å²) in [6.07, 6.45) is 2.05. The average molecular weight is 228 g/mol. The molecular weight excluding hydrogens is 216 g/mol. The van der Waals surface area contributed by atoms with E-state index in [1.165, 1.54) is 18.2 Å². The Morgan fingerprint density at radius 3 is 2.40 bits per heavy atom. The highest BCUT2D eigenvalue weighted by Gasteiger charge is 2.46. The van der Waals surface area contributed by atoms with Crippen LogP contribution in [0, 0.1) is 0 Å². The largest absolute Gasteiger partial charge is 0.508 e. The van der Waals surface area contributed by atoms with Gasteiger partial charge in [0.25, 0.3) is 0 Å². The Balaban J connectivity index is 2.71. The molecule has 2 N–H and O–H groups in total. The van der Waals surface area contributed by atoms with Gasteiger partial charge in [-0.15, -0.1) is 0 Å². The molecule has 0 unspecified atom stereocenters. The number of benzene rings is 1. The molecular formula is C10H12O4S. The van der Waals surface area contributed by atoms with E-state index in [9.17, 15) is 18.6 Å². The van der Waals surface area contributed by atoms with Gasteiger partial charge in [-0.1, -0.05) is 6.07 Å². The fourth-order valence-electron chi connectivity index (χ4n) is 1.66. The van der Waals surface area contributed by atoms with E-state index >= 15 is 0 Å². The number of hydrogen-bond donors (Lipinski definition) is 2. The summed E-state index contributed by atoms with van der Waals surface area (Å²) in [6, 6.07) is 4.25. The van der Waals surface area contributed by atoms with Crippen LogP contribution < -0.4 is 0 Å². The molecule has 4 nitrogen and oxygen atoms in total. The van der Waals surface area contributed by atoms with Crippen molar-refractivity contribution in [3.8, 4) is 5.75 Å². The van der Waals surface area contributed by atoms with Crippen molar-refractivity contribution < 1.29 is 18.6 Å². The van der Waals surface area contributed by atoms with Gasteiger partial charge in [-0.05, 0) is 25.0 Å². The van der Waals surface area contributed by atoms with Gasteiger partial charge in [0.1, 0.15) is 5.75 Å². The second kappa shape index (κ2) is 2.96. The maximum absolute atomic E-state index is 11.5. The molecule has 1 saturated carbocycles. The molecule has 1 aliphatic carbocycles. The van der Waals surface area contributed by atoms with E-state index in [1.807, 2.05) is 0 Å². The maximum atomic E-state index is 11.5. The SMILES string of the molecule is CS(=O)(=O)c1cccc(O)c1C1(O)CC1. The third-order valence-electron chi connectivity index (χ3n) is 2.59. The normalized spacial score (nSPS) is 18.8. The molecule has 0 aliphatic heterocycles. The molecule has 1 fully saturated rings. The number of aliphatic hydroxyl groups is 1. The second-order valence-electron chi connectivity index (χ2n) is 3.95. The first-order valence-electron chi connectivity index (χ1n) is 4.59. The van der Waals surface area contributed by atoms with E-state index < -0.39 is 15.4 Å². The molecule has 1 aromatic carbocycles. The summed E-state index contributed by atoms with van der Waals surface area (Å²) in [5.41, 5.74) is -1.00. The van der Waals surface area contributed by atoms with Crippen LogP contribution in [0.3, 0.4) is 0 Å². The first-order valence-corrected chi connectivity index (χ1v) is 6.49. The Morgan fingerprint density at radius 1 is 1.33 bits per heavy atom. The maximum Gasteiger partial charge on any atom is 0.176 e. The standard InChI is InChI=1S/C10H12O4S/c1-15(13,14)8-4-2-3-7(11)9(8)10(12)5-6-10/h2-4,11-12H,5-6H2,1H3. The molecule has 2 rings (SSSR count). The van der Waals surface area contributed by atoms with Crippen molar-refractivity contribution in [2.75, 3.05) is 6.26 Å². The van der Waals surface area contributed by atoms with Crippen molar-refractivity contribution in [1.82, 2.24) is 0 Å². The first kappa shape index (κ1) is 10.4. The van der Waals surface area contributed by atoms with Crippen LogP contribution in [-0.2, 0) is 15.4 Å². The Hall–Kier alpha value is -1.07. The van der Waals surface area contributed by atoms with Crippen LogP contribution in [0.25, 0.3) is 0 Å². The van der Waals surface area contributed by atoms with Gasteiger partial charge in [0.05, 0.1) is 10.5 Å². The smallest absolute Gasteiger partial charge is 0.176 e. The van der Waals surface area contributed by atoms with Gasteiger partial charge < -0.3 is 10.2 Å². The Morgan fingerprint density at radius 2 is 1.93 bits per heavy atom. The molecule has 0 aromatic heterocycles. The van der Waals surface area contributed by atoms with Crippen LogP contribution in [-0.4, -0.2) is 24.9 Å². The van der Waals surface area contributed by atoms with E-state index in [1.54, 1.807) is 0 Å². The molecule has 0 radical (unpaired) electrons. The highest BCUT2D eigenvalue weighted by Crippen LogP contribution is 2.50. The Kier molecular flexibility index (Phi) is 2.06. The van der Waals surface area contributed by atoms with Gasteiger partial charge in [-0.3, -0.25) is 0 Å². The molecule has 1 aliphatic rings. The number of phenols is 1. The topological polar surface area (TPSA) is 74.6 Å². The predicted octanol–water partition coefficient (Wildman–Crippen LogP) is 0.777. The molecule has 82 valence electrons. The lowest BCUT2D eigenvalue weighted by atomic mass is 10.1. The summed E-state index contributed by atoms with van der Waals surface area (Å²) in [5, 5.41) is 19.5. The van der Waals surface area contributed by atoms with Gasteiger partial charge in [0, 0.05) is 11.8 Å². The lowest BCUT2D eigenvalue weighted by Crippen LogP contribution is -2.12. The summed E-state index contributed by atoms with van der Waals surface area (Å²) < 4.78 is 22.9. The predicted molar refractivity (Wildman–Crippen MR) is 54.3 cm³/mol. The Labute approximate surface area is 88.1 Å². The summed E-state index contributed by atoms with van der Waals surface area (Å²) in [7, 11) is -3.42. The molecule has 0 bridgehead atoms. The van der Waals surface area contributed by atoms with E-state index in [0.717, 1.165) is 6.26 Å². The number of sulfone groups is 1. The van der Waals surface area contributed by atoms with Crippen LogP contribution in [0.4, 0.5) is 0 Å². The molecule has 0 atom stereocenters. The van der Waals surface area contributed by atoms with Crippen molar-refractivity contribution in [2.24, 2.45) is 0 Å². The number of aromatic hydroxyl groups is 1. The van der Waals surface area contributed by atoms with E-state index in [4.69, 9.17) is 0 Å². The van der Waals surface area contributed by atoms with E-state index in [0.29, 0.717) is 12.8 Å². The number of phenolic OH excluding ortho intramolecular Hbond substituents is 1. The van der Waals surface area contributed by atoms with Crippen LogP contribution >= 0.6 is 0 Å². The lowest BCUT2D eigenvalue weighted by molar-refractivity contribution is 0.144. The van der Waals surface area contributed by atoms with Crippen molar-refractivity contribution in [1.29, 1.82) is 0 Å². The minimum Gasteiger partial charge on any atom is -0.508 e. The molecule has 0 heterocycles. The summed E-state index contributed by atoms with van der Waals surface area (Å²) in [6.45, 7) is 0. The Bertz CT molecular complexity index is 500. The third kappa shape index (κ3) is 1.72. The van der Waals surface area contributed by atoms with Gasteiger partial charge >= 0.3 is 0 Å². The molecule has 0 spiro atoms. The fourth-order valence-corrected chi connectivity index (χ4v) is 2.66. The van der Waals surface area contributed by atoms with Crippen LogP contribution in [0.2, 0.25) is 0 Å². The monoisotopic (exact) mass is 228 g/mol. The zero-order chi connectivity index (χ0) is 11.3. The van der Waals surface area contributed by atoms with Gasteiger partial charge in [-0.2, -0.15) is 0 Å². The summed E-state index contributed by atoms with van der Waals surface area (Å²) in [4.78, 5) is 0.0162. The highest BCUT2D eigenvalue weighted by molar-refractivity contribution is 7.90. The van der Waals surface area contributed by atoms with Gasteiger partial charge in [0.15, 0.2) is 9.84 Å². The van der Waals surface area contributed by atoms with Gasteiger partial charge in [0.2, 0.25) is 0 Å². The molecule has 0 amide bonds. The van der Waals surface area contributed by atoms with E-state index in [-0.39, 0.29) is 16.2 Å². The highest BCUT2D eigenvalue weighted by atomic mass is 32.2. The third-order valence-corrected chi connectivity index (χ3v) is 3.73. The molecule has 1 aromatic rings. The second-order valence-corrected chi connectivity index (χ2v) is 5.94. The lowest BCUT2D eigenvalue weighted by Gasteiger charge is -2.14. The number of hydrogen-bond acceptors (Lipinski definition) is 4. The molecule has 0 saturated heterocycles. The van der Waals surface area contributed by atoms with Crippen molar-refractivity contribution in [2.45, 2.75) is 23.3 Å². The van der Waals surface area contributed by atoms with Crippen LogP contribution in [0.5, 0.6) is 5.75 Å². The van der Waals surface area contributed by atoms with Crippen molar-refractivity contribution in [3.63, 3.8) is 0 Å². The minimum atomic E-state index is -3.42. The minimum absolute atomic E-state index is 0.0162. The van der Waals surface area contributed by atoms with Crippen molar-refractivity contribution in [3.05, 3.63) is 23.8 Å². The number of rotatable bonds is 2. The van der Waals surface area contributed by atoms with E-state index in [2.05, 4.69) is 0 Å². The van der Waals surface area contributed by atoms with Crippen LogP contribution in [0.1, 0.15) is 18.4 Å². The quantitative estimate of drug-likeness (QED) is 0.784. The fraction of sp³-hybridized carbons (Fsp3) is 0.400. The summed E-state index contributed by atoms with van der Waals surface area (Å²) in [5.74, 6) is -0.155. The van der Waals surface area contributed by atoms with Crippen LogP contribution in [0.15, 0.2) is 23.1 Å². The van der Waals surface area contributed by atoms with Gasteiger partial charge in [-0.25, -0.2) is 8.42 Å². The molecule has 5 heteroatoms.